The van der Waals surface area contributed by atoms with Crippen molar-refractivity contribution in [2.24, 2.45) is 0 Å². The molecular weight excluding hydrogens is 665 g/mol. The zero-order valence-corrected chi connectivity index (χ0v) is 29.9. The van der Waals surface area contributed by atoms with Gasteiger partial charge in [-0.05, 0) is 135 Å². The van der Waals surface area contributed by atoms with Crippen molar-refractivity contribution in [3.8, 4) is 66.8 Å². The van der Waals surface area contributed by atoms with E-state index in [0.717, 1.165) is 21.9 Å². The Hall–Kier alpha value is -7.22. The van der Waals surface area contributed by atoms with Crippen LogP contribution in [0.4, 0.5) is 0 Å². The monoisotopic (exact) mass is 696 g/mol. The molecule has 55 heavy (non-hydrogen) atoms. The van der Waals surface area contributed by atoms with E-state index >= 15 is 0 Å². The third kappa shape index (κ3) is 4.54. The van der Waals surface area contributed by atoms with Crippen LogP contribution in [0.15, 0.2) is 199 Å². The normalized spacial score (nSPS) is 12.0. The number of hydrogen-bond donors (Lipinski definition) is 0. The average molecular weight is 697 g/mol. The zero-order valence-electron chi connectivity index (χ0n) is 29.9. The van der Waals surface area contributed by atoms with E-state index in [1.165, 1.54) is 99.1 Å². The molecule has 0 spiro atoms. The van der Waals surface area contributed by atoms with E-state index in [9.17, 15) is 0 Å². The standard InChI is InChI=1S/C54H32O/c1-3-15-41-37(11-1)39-13-5-7-17-43(39)49-29-33(21-25-45(41)49)34-23-27-47-50(30-34)44-18-8-6-14-40(44)38-12-2-4-16-42(38)46-26-22-35(31-51(46)47)36-24-28-54-52(32-36)48-19-9-10-20-53(48)55-54/h1-32H. The molecular formula is C54H32O. The summed E-state index contributed by atoms with van der Waals surface area (Å²) in [7, 11) is 0. The minimum atomic E-state index is 0.912. The van der Waals surface area contributed by atoms with Crippen molar-refractivity contribution in [3.63, 3.8) is 0 Å². The van der Waals surface area contributed by atoms with Crippen LogP contribution < -0.4 is 0 Å². The highest BCUT2D eigenvalue weighted by atomic mass is 16.3. The molecule has 0 aliphatic heterocycles. The van der Waals surface area contributed by atoms with Crippen LogP contribution in [0.5, 0.6) is 0 Å². The van der Waals surface area contributed by atoms with E-state index in [1.54, 1.807) is 0 Å². The van der Waals surface area contributed by atoms with E-state index in [2.05, 4.69) is 182 Å². The molecule has 1 heteroatoms. The minimum Gasteiger partial charge on any atom is -0.456 e. The molecule has 1 aromatic heterocycles. The number of fused-ring (bicyclic) bond motifs is 17. The summed E-state index contributed by atoms with van der Waals surface area (Å²) < 4.78 is 6.19. The van der Waals surface area contributed by atoms with Crippen molar-refractivity contribution in [2.75, 3.05) is 0 Å². The van der Waals surface area contributed by atoms with Crippen LogP contribution >= 0.6 is 0 Å². The van der Waals surface area contributed by atoms with Crippen LogP contribution in [0.1, 0.15) is 0 Å². The van der Waals surface area contributed by atoms with E-state index in [1.807, 2.05) is 12.1 Å². The molecule has 1 aliphatic carbocycles. The van der Waals surface area contributed by atoms with Gasteiger partial charge in [-0.2, -0.15) is 0 Å². The highest BCUT2D eigenvalue weighted by molar-refractivity contribution is 6.25. The summed E-state index contributed by atoms with van der Waals surface area (Å²) in [5.41, 5.74) is 16.5. The van der Waals surface area contributed by atoms with Crippen molar-refractivity contribution in [2.45, 2.75) is 0 Å². The summed E-state index contributed by atoms with van der Waals surface area (Å²) >= 11 is 0. The maximum atomic E-state index is 6.19. The molecule has 0 radical (unpaired) electrons. The molecule has 0 N–H and O–H groups in total. The number of furan rings is 1. The molecule has 1 heterocycles. The lowest BCUT2D eigenvalue weighted by atomic mass is 9.79. The van der Waals surface area contributed by atoms with Gasteiger partial charge in [-0.3, -0.25) is 0 Å². The van der Waals surface area contributed by atoms with Crippen molar-refractivity contribution in [1.29, 1.82) is 0 Å². The summed E-state index contributed by atoms with van der Waals surface area (Å²) in [6, 6.07) is 71.4. The lowest BCUT2D eigenvalue weighted by Crippen LogP contribution is -1.98. The van der Waals surface area contributed by atoms with Crippen molar-refractivity contribution in [3.05, 3.63) is 194 Å². The highest BCUT2D eigenvalue weighted by Crippen LogP contribution is 2.50. The van der Waals surface area contributed by atoms with Gasteiger partial charge in [0.15, 0.2) is 0 Å². The molecule has 0 fully saturated rings. The van der Waals surface area contributed by atoms with Crippen LogP contribution in [0.3, 0.4) is 0 Å². The maximum Gasteiger partial charge on any atom is 0.135 e. The Kier molecular flexibility index (Phi) is 6.40. The van der Waals surface area contributed by atoms with Gasteiger partial charge >= 0.3 is 0 Å². The SMILES string of the molecule is c1ccc2c(c1)-c1ccccc1-c1cc(-c3ccc4c5ccccc5c5ccccc5c4c3)ccc1-c1cc(-c3ccc4oc5ccccc5c4c3)ccc1-2. The lowest BCUT2D eigenvalue weighted by Gasteiger charge is -2.24. The molecule has 11 aromatic rings. The van der Waals surface area contributed by atoms with Crippen LogP contribution in [-0.2, 0) is 0 Å². The number of hydrogen-bond acceptors (Lipinski definition) is 1. The molecule has 10 aromatic carbocycles. The van der Waals surface area contributed by atoms with Crippen molar-refractivity contribution < 1.29 is 4.42 Å². The molecule has 12 rings (SSSR count). The average Bonchev–Trinajstić information content (AvgIpc) is 3.63. The molecule has 0 amide bonds. The van der Waals surface area contributed by atoms with Crippen molar-refractivity contribution >= 4 is 54.3 Å². The largest absolute Gasteiger partial charge is 0.456 e. The van der Waals surface area contributed by atoms with Crippen LogP contribution in [-0.4, -0.2) is 0 Å². The molecule has 254 valence electrons. The first-order chi connectivity index (χ1) is 27.3. The Morgan fingerprint density at radius 1 is 0.200 bits per heavy atom. The Morgan fingerprint density at radius 2 is 0.545 bits per heavy atom. The molecule has 1 nitrogen and oxygen atoms in total. The van der Waals surface area contributed by atoms with Gasteiger partial charge in [0.25, 0.3) is 0 Å². The molecule has 0 bridgehead atoms. The third-order valence-electron chi connectivity index (χ3n) is 11.8. The van der Waals surface area contributed by atoms with Crippen LogP contribution in [0, 0.1) is 0 Å². The second-order valence-corrected chi connectivity index (χ2v) is 14.8. The fraction of sp³-hybridized carbons (Fsp3) is 0. The predicted molar refractivity (Wildman–Crippen MR) is 232 cm³/mol. The quantitative estimate of drug-likeness (QED) is 0.164. The second-order valence-electron chi connectivity index (χ2n) is 14.8. The van der Waals surface area contributed by atoms with E-state index in [-0.39, 0.29) is 0 Å². The summed E-state index contributed by atoms with van der Waals surface area (Å²) in [4.78, 5) is 0. The first-order valence-electron chi connectivity index (χ1n) is 19.0. The van der Waals surface area contributed by atoms with E-state index < -0.39 is 0 Å². The first kappa shape index (κ1) is 30.3. The molecule has 0 saturated heterocycles. The zero-order chi connectivity index (χ0) is 36.0. The van der Waals surface area contributed by atoms with Gasteiger partial charge in [0.1, 0.15) is 11.2 Å². The van der Waals surface area contributed by atoms with Gasteiger partial charge in [0.05, 0.1) is 0 Å². The number of rotatable bonds is 2. The van der Waals surface area contributed by atoms with Crippen LogP contribution in [0.2, 0.25) is 0 Å². The molecule has 0 saturated carbocycles. The van der Waals surface area contributed by atoms with Gasteiger partial charge in [-0.15, -0.1) is 0 Å². The van der Waals surface area contributed by atoms with Gasteiger partial charge in [0, 0.05) is 10.8 Å². The Morgan fingerprint density at radius 3 is 1.13 bits per heavy atom. The summed E-state index contributed by atoms with van der Waals surface area (Å²) in [5, 5.41) is 10.0. The van der Waals surface area contributed by atoms with Gasteiger partial charge in [0.2, 0.25) is 0 Å². The molecule has 0 atom stereocenters. The fourth-order valence-electron chi connectivity index (χ4n) is 9.26. The number of benzene rings is 10. The summed E-state index contributed by atoms with van der Waals surface area (Å²) in [6.45, 7) is 0. The third-order valence-corrected chi connectivity index (χ3v) is 11.8. The second kappa shape index (κ2) is 11.6. The van der Waals surface area contributed by atoms with E-state index in [0.29, 0.717) is 0 Å². The Bertz CT molecular complexity index is 3340. The smallest absolute Gasteiger partial charge is 0.135 e. The summed E-state index contributed by atoms with van der Waals surface area (Å²) in [6.07, 6.45) is 0. The minimum absolute atomic E-state index is 0.912. The Balaban J connectivity index is 1.10. The number of para-hydroxylation sites is 1. The highest BCUT2D eigenvalue weighted by Gasteiger charge is 2.23. The molecule has 1 aliphatic rings. The maximum absolute atomic E-state index is 6.19. The van der Waals surface area contributed by atoms with Crippen LogP contribution in [0.25, 0.3) is 121 Å². The van der Waals surface area contributed by atoms with Gasteiger partial charge < -0.3 is 4.42 Å². The topological polar surface area (TPSA) is 13.1 Å². The summed E-state index contributed by atoms with van der Waals surface area (Å²) in [5.74, 6) is 0. The lowest BCUT2D eigenvalue weighted by molar-refractivity contribution is 0.669. The molecule has 0 unspecified atom stereocenters. The first-order valence-corrected chi connectivity index (χ1v) is 19.0. The van der Waals surface area contributed by atoms with Gasteiger partial charge in [-0.25, -0.2) is 0 Å². The fourth-order valence-corrected chi connectivity index (χ4v) is 9.26. The van der Waals surface area contributed by atoms with Crippen molar-refractivity contribution in [1.82, 2.24) is 0 Å². The van der Waals surface area contributed by atoms with E-state index in [4.69, 9.17) is 4.42 Å². The predicted octanol–water partition coefficient (Wildman–Crippen LogP) is 15.4. The van der Waals surface area contributed by atoms with Gasteiger partial charge in [-0.1, -0.05) is 158 Å². The Labute approximate surface area is 318 Å².